The molecule has 7 nitrogen and oxygen atoms in total. The van der Waals surface area contributed by atoms with Crippen molar-refractivity contribution in [3.63, 3.8) is 0 Å². The van der Waals surface area contributed by atoms with E-state index in [-0.39, 0.29) is 5.56 Å². The molecular formula is C21H19Br2N3O4. The predicted molar refractivity (Wildman–Crippen MR) is 122 cm³/mol. The molecular weight excluding hydrogens is 518 g/mol. The Labute approximate surface area is 190 Å². The Bertz CT molecular complexity index is 1190. The van der Waals surface area contributed by atoms with Crippen LogP contribution >= 0.6 is 31.9 Å². The van der Waals surface area contributed by atoms with Crippen LogP contribution in [0.3, 0.4) is 0 Å². The number of aromatic nitrogens is 2. The molecule has 2 aromatic carbocycles. The third kappa shape index (κ3) is 4.79. The fourth-order valence-corrected chi connectivity index (χ4v) is 3.53. The number of methoxy groups -OCH3 is 1. The predicted octanol–water partition coefficient (Wildman–Crippen LogP) is 4.31. The van der Waals surface area contributed by atoms with E-state index in [1.165, 1.54) is 18.0 Å². The number of rotatable bonds is 6. The molecule has 1 aromatic heterocycles. The Kier molecular flexibility index (Phi) is 7.04. The number of carbonyl (C=O) groups is 1. The quantitative estimate of drug-likeness (QED) is 0.346. The molecule has 0 N–H and O–H groups in total. The first-order chi connectivity index (χ1) is 14.3. The summed E-state index contributed by atoms with van der Waals surface area (Å²) < 4.78 is 13.3. The first-order valence-corrected chi connectivity index (χ1v) is 10.7. The summed E-state index contributed by atoms with van der Waals surface area (Å²) in [6, 6.07) is 10.6. The summed E-state index contributed by atoms with van der Waals surface area (Å²) in [5.41, 5.74) is 0.933. The zero-order valence-corrected chi connectivity index (χ0v) is 19.7. The molecule has 0 bridgehead atoms. The van der Waals surface area contributed by atoms with Crippen LogP contribution in [-0.4, -0.2) is 35.1 Å². The van der Waals surface area contributed by atoms with Gasteiger partial charge in [0.15, 0.2) is 6.10 Å². The molecule has 30 heavy (non-hydrogen) atoms. The minimum atomic E-state index is -0.795. The van der Waals surface area contributed by atoms with Gasteiger partial charge >= 0.3 is 5.97 Å². The second-order valence-corrected chi connectivity index (χ2v) is 8.20. The third-order valence-electron chi connectivity index (χ3n) is 4.31. The molecule has 3 rings (SSSR count). The van der Waals surface area contributed by atoms with Gasteiger partial charge in [0.1, 0.15) is 11.6 Å². The Morgan fingerprint density at radius 2 is 1.93 bits per heavy atom. The van der Waals surface area contributed by atoms with Crippen LogP contribution < -0.4 is 10.3 Å². The van der Waals surface area contributed by atoms with E-state index in [0.717, 1.165) is 8.95 Å². The van der Waals surface area contributed by atoms with E-state index in [9.17, 15) is 9.59 Å². The summed E-state index contributed by atoms with van der Waals surface area (Å²) in [7, 11) is 1.30. The number of hydrogen-bond acceptors (Lipinski definition) is 6. The molecule has 156 valence electrons. The maximum absolute atomic E-state index is 13.0. The summed E-state index contributed by atoms with van der Waals surface area (Å²) in [5.74, 6) is 0.475. The van der Waals surface area contributed by atoms with E-state index in [1.807, 2.05) is 13.0 Å². The summed E-state index contributed by atoms with van der Waals surface area (Å²) in [6.07, 6.45) is 1.24. The molecule has 0 fully saturated rings. The molecule has 3 aromatic rings. The van der Waals surface area contributed by atoms with E-state index in [1.54, 1.807) is 37.3 Å². The van der Waals surface area contributed by atoms with Crippen LogP contribution in [0.4, 0.5) is 0 Å². The number of nitrogens with zero attached hydrogens (tertiary/aromatic N) is 3. The average Bonchev–Trinajstić information content (AvgIpc) is 2.74. The van der Waals surface area contributed by atoms with E-state index >= 15 is 0 Å². The molecule has 0 radical (unpaired) electrons. The van der Waals surface area contributed by atoms with E-state index in [2.05, 4.69) is 41.9 Å². The van der Waals surface area contributed by atoms with Crippen LogP contribution in [0.2, 0.25) is 0 Å². The minimum absolute atomic E-state index is 0.269. The van der Waals surface area contributed by atoms with Gasteiger partial charge in [-0.05, 0) is 43.3 Å². The monoisotopic (exact) mass is 535 g/mol. The van der Waals surface area contributed by atoms with E-state index in [0.29, 0.717) is 34.5 Å². The smallest absolute Gasteiger partial charge is 0.346 e. The van der Waals surface area contributed by atoms with Crippen molar-refractivity contribution < 1.29 is 14.3 Å². The van der Waals surface area contributed by atoms with Gasteiger partial charge in [0.05, 0.1) is 24.2 Å². The van der Waals surface area contributed by atoms with E-state index < -0.39 is 12.1 Å². The zero-order chi connectivity index (χ0) is 21.8. The number of aryl methyl sites for hydroxylation is 1. The summed E-state index contributed by atoms with van der Waals surface area (Å²) in [4.78, 5) is 29.3. The van der Waals surface area contributed by atoms with Gasteiger partial charge in [-0.15, -0.1) is 0 Å². The lowest BCUT2D eigenvalue weighted by Gasteiger charge is -2.14. The van der Waals surface area contributed by atoms with Crippen molar-refractivity contribution in [1.82, 2.24) is 9.66 Å². The van der Waals surface area contributed by atoms with Crippen molar-refractivity contribution in [2.75, 3.05) is 7.11 Å². The van der Waals surface area contributed by atoms with Crippen LogP contribution in [-0.2, 0) is 16.0 Å². The molecule has 0 aliphatic heterocycles. The molecule has 0 amide bonds. The molecule has 0 unspecified atom stereocenters. The lowest BCUT2D eigenvalue weighted by Crippen LogP contribution is -2.25. The van der Waals surface area contributed by atoms with Gasteiger partial charge in [-0.3, -0.25) is 4.79 Å². The van der Waals surface area contributed by atoms with Crippen LogP contribution in [0.1, 0.15) is 25.2 Å². The van der Waals surface area contributed by atoms with E-state index in [4.69, 9.17) is 9.47 Å². The molecule has 0 aliphatic rings. The highest BCUT2D eigenvalue weighted by molar-refractivity contribution is 9.10. The Balaban J connectivity index is 2.06. The highest BCUT2D eigenvalue weighted by Crippen LogP contribution is 2.23. The highest BCUT2D eigenvalue weighted by atomic mass is 79.9. The maximum Gasteiger partial charge on any atom is 0.346 e. The number of halogens is 2. The first-order valence-electron chi connectivity index (χ1n) is 9.13. The van der Waals surface area contributed by atoms with Gasteiger partial charge in [-0.2, -0.15) is 9.78 Å². The van der Waals surface area contributed by atoms with Gasteiger partial charge in [0.2, 0.25) is 0 Å². The standard InChI is InChI=1S/C21H19Br2N3O4/c1-4-19-25-17-7-5-15(23)10-16(17)20(27)26(19)24-11-13-9-14(22)6-8-18(13)30-12(2)21(28)29-3/h5-12H,4H2,1-3H3/t12-/m1/s1. The number of esters is 1. The first kappa shape index (κ1) is 22.2. The number of carbonyl (C=O) groups excluding carboxylic acids is 1. The SMILES string of the molecule is CCc1nc2ccc(Br)cc2c(=O)n1N=Cc1cc(Br)ccc1O[C@H](C)C(=O)OC. The molecule has 0 aliphatic carbocycles. The fourth-order valence-electron chi connectivity index (χ4n) is 2.79. The molecule has 1 atom stereocenters. The van der Waals surface area contributed by atoms with Crippen LogP contribution in [0.25, 0.3) is 10.9 Å². The normalized spacial score (nSPS) is 12.3. The number of ether oxygens (including phenoxy) is 2. The summed E-state index contributed by atoms with van der Waals surface area (Å²) in [5, 5.41) is 4.85. The number of benzene rings is 2. The Morgan fingerprint density at radius 3 is 2.63 bits per heavy atom. The van der Waals surface area contributed by atoms with Crippen LogP contribution in [0.15, 0.2) is 55.2 Å². The van der Waals surface area contributed by atoms with Gasteiger partial charge < -0.3 is 9.47 Å². The van der Waals surface area contributed by atoms with Crippen LogP contribution in [0, 0.1) is 0 Å². The zero-order valence-electron chi connectivity index (χ0n) is 16.6. The molecule has 0 spiro atoms. The van der Waals surface area contributed by atoms with Crippen molar-refractivity contribution in [2.45, 2.75) is 26.4 Å². The minimum Gasteiger partial charge on any atom is -0.478 e. The largest absolute Gasteiger partial charge is 0.478 e. The van der Waals surface area contributed by atoms with Crippen LogP contribution in [0.5, 0.6) is 5.75 Å². The second kappa shape index (κ2) is 9.53. The van der Waals surface area contributed by atoms with Crippen molar-refractivity contribution in [3.05, 3.63) is 67.1 Å². The topological polar surface area (TPSA) is 82.8 Å². The Hall–Kier alpha value is -2.52. The summed E-state index contributed by atoms with van der Waals surface area (Å²) in [6.45, 7) is 3.50. The molecule has 0 saturated heterocycles. The number of hydrogen-bond donors (Lipinski definition) is 0. The van der Waals surface area contributed by atoms with Gasteiger partial charge in [-0.1, -0.05) is 38.8 Å². The van der Waals surface area contributed by atoms with Gasteiger partial charge in [0, 0.05) is 20.9 Å². The van der Waals surface area contributed by atoms with Crippen molar-refractivity contribution in [3.8, 4) is 5.75 Å². The highest BCUT2D eigenvalue weighted by Gasteiger charge is 2.17. The number of fused-ring (bicyclic) bond motifs is 1. The fraction of sp³-hybridized carbons (Fsp3) is 0.238. The second-order valence-electron chi connectivity index (χ2n) is 6.37. The van der Waals surface area contributed by atoms with Gasteiger partial charge in [0.25, 0.3) is 5.56 Å². The third-order valence-corrected chi connectivity index (χ3v) is 5.30. The lowest BCUT2D eigenvalue weighted by atomic mass is 10.2. The molecule has 0 saturated carbocycles. The molecule has 1 heterocycles. The average molecular weight is 537 g/mol. The lowest BCUT2D eigenvalue weighted by molar-refractivity contribution is -0.147. The summed E-state index contributed by atoms with van der Waals surface area (Å²) >= 11 is 6.81. The van der Waals surface area contributed by atoms with Crippen molar-refractivity contribution in [1.29, 1.82) is 0 Å². The van der Waals surface area contributed by atoms with Crippen molar-refractivity contribution >= 4 is 54.9 Å². The van der Waals surface area contributed by atoms with Gasteiger partial charge in [-0.25, -0.2) is 9.78 Å². The maximum atomic E-state index is 13.0. The molecule has 9 heteroatoms. The Morgan fingerprint density at radius 1 is 1.23 bits per heavy atom. The van der Waals surface area contributed by atoms with Crippen molar-refractivity contribution in [2.24, 2.45) is 5.10 Å².